The minimum absolute atomic E-state index is 0.197. The lowest BCUT2D eigenvalue weighted by Crippen LogP contribution is -2.45. The van der Waals surface area contributed by atoms with Gasteiger partial charge in [0, 0.05) is 6.04 Å². The third kappa shape index (κ3) is 2.61. The molecule has 1 aliphatic heterocycles. The van der Waals surface area contributed by atoms with Crippen LogP contribution in [0, 0.1) is 11.8 Å². The molecule has 3 heteroatoms. The number of carbonyl (C=O) groups excluding carboxylic acids is 1. The van der Waals surface area contributed by atoms with E-state index in [2.05, 4.69) is 31.0 Å². The van der Waals surface area contributed by atoms with Crippen molar-refractivity contribution < 1.29 is 4.79 Å². The lowest BCUT2D eigenvalue weighted by molar-refractivity contribution is -0.135. The summed E-state index contributed by atoms with van der Waals surface area (Å²) in [6.07, 6.45) is 9.82. The van der Waals surface area contributed by atoms with Crippen molar-refractivity contribution in [3.8, 4) is 0 Å². The van der Waals surface area contributed by atoms with Crippen molar-refractivity contribution in [3.05, 3.63) is 0 Å². The smallest absolute Gasteiger partial charge is 0.244 e. The molecule has 1 N–H and O–H groups in total. The summed E-state index contributed by atoms with van der Waals surface area (Å²) in [5.74, 6) is 1.93. The normalized spacial score (nSPS) is 30.7. The summed E-state index contributed by atoms with van der Waals surface area (Å²) in [7, 11) is 0. The lowest BCUT2D eigenvalue weighted by Gasteiger charge is -2.31. The molecule has 0 aromatic heterocycles. The molecule has 3 aliphatic rings. The quantitative estimate of drug-likeness (QED) is 0.837. The Morgan fingerprint density at radius 1 is 1.20 bits per heavy atom. The summed E-state index contributed by atoms with van der Waals surface area (Å²) in [5.41, 5.74) is -0.197. The van der Waals surface area contributed by atoms with Crippen LogP contribution in [0.3, 0.4) is 0 Å². The van der Waals surface area contributed by atoms with Gasteiger partial charge in [0.05, 0.1) is 11.7 Å². The molecule has 1 spiro atoms. The molecule has 2 atom stereocenters. The molecule has 1 amide bonds. The Morgan fingerprint density at radius 2 is 1.85 bits per heavy atom. The van der Waals surface area contributed by atoms with E-state index in [-0.39, 0.29) is 11.7 Å². The Morgan fingerprint density at radius 3 is 2.40 bits per heavy atom. The van der Waals surface area contributed by atoms with E-state index in [9.17, 15) is 4.79 Å². The highest BCUT2D eigenvalue weighted by atomic mass is 16.2. The minimum atomic E-state index is -0.197. The van der Waals surface area contributed by atoms with E-state index < -0.39 is 0 Å². The van der Waals surface area contributed by atoms with Crippen LogP contribution in [0.2, 0.25) is 0 Å². The number of rotatable bonds is 5. The number of amides is 1. The van der Waals surface area contributed by atoms with Gasteiger partial charge in [0.2, 0.25) is 5.91 Å². The fourth-order valence-electron chi connectivity index (χ4n) is 4.25. The molecular formula is C17H30N2O. The molecule has 0 bridgehead atoms. The van der Waals surface area contributed by atoms with Crippen molar-refractivity contribution in [2.75, 3.05) is 0 Å². The molecule has 0 aromatic carbocycles. The van der Waals surface area contributed by atoms with Gasteiger partial charge in [-0.25, -0.2) is 0 Å². The van der Waals surface area contributed by atoms with Crippen LogP contribution in [-0.4, -0.2) is 28.6 Å². The van der Waals surface area contributed by atoms with Gasteiger partial charge < -0.3 is 4.90 Å². The van der Waals surface area contributed by atoms with Gasteiger partial charge in [0.25, 0.3) is 0 Å². The van der Waals surface area contributed by atoms with Crippen LogP contribution < -0.4 is 5.32 Å². The summed E-state index contributed by atoms with van der Waals surface area (Å²) < 4.78 is 0. The van der Waals surface area contributed by atoms with Crippen LogP contribution in [0.5, 0.6) is 0 Å². The third-order valence-electron chi connectivity index (χ3n) is 5.42. The minimum Gasteiger partial charge on any atom is -0.323 e. The van der Waals surface area contributed by atoms with Gasteiger partial charge in [-0.3, -0.25) is 10.1 Å². The second-order valence-electron chi connectivity index (χ2n) is 7.82. The molecule has 3 fully saturated rings. The molecule has 0 radical (unpaired) electrons. The Bertz CT molecular complexity index is 369. The van der Waals surface area contributed by atoms with E-state index in [1.165, 1.54) is 32.1 Å². The first kappa shape index (κ1) is 14.4. The topological polar surface area (TPSA) is 32.3 Å². The predicted octanol–water partition coefficient (Wildman–Crippen LogP) is 3.29. The summed E-state index contributed by atoms with van der Waals surface area (Å²) in [4.78, 5) is 15.3. The Hall–Kier alpha value is -0.570. The number of carbonyl (C=O) groups is 1. The second-order valence-corrected chi connectivity index (χ2v) is 7.82. The van der Waals surface area contributed by atoms with Crippen molar-refractivity contribution in [3.63, 3.8) is 0 Å². The van der Waals surface area contributed by atoms with Gasteiger partial charge in [-0.15, -0.1) is 0 Å². The lowest BCUT2D eigenvalue weighted by atomic mass is 9.97. The number of hydrogen-bond acceptors (Lipinski definition) is 2. The van der Waals surface area contributed by atoms with E-state index in [1.807, 2.05) is 0 Å². The van der Waals surface area contributed by atoms with Crippen LogP contribution in [0.25, 0.3) is 0 Å². The van der Waals surface area contributed by atoms with E-state index in [4.69, 9.17) is 0 Å². The maximum Gasteiger partial charge on any atom is 0.244 e. The molecular weight excluding hydrogens is 248 g/mol. The van der Waals surface area contributed by atoms with Gasteiger partial charge in [-0.2, -0.15) is 0 Å². The Kier molecular flexibility index (Phi) is 3.83. The number of nitrogens with zero attached hydrogens (tertiary/aromatic N) is 1. The fourth-order valence-corrected chi connectivity index (χ4v) is 4.25. The SMILES string of the molecule is CC(C)CC1NC2(CCCC2)C(=O)N1C(C)CC1CC1. The van der Waals surface area contributed by atoms with Crippen molar-refractivity contribution >= 4 is 5.91 Å². The van der Waals surface area contributed by atoms with Crippen LogP contribution in [0.1, 0.15) is 72.1 Å². The zero-order valence-electron chi connectivity index (χ0n) is 13.3. The van der Waals surface area contributed by atoms with E-state index in [1.54, 1.807) is 0 Å². The van der Waals surface area contributed by atoms with Crippen LogP contribution in [0.4, 0.5) is 0 Å². The van der Waals surface area contributed by atoms with Gasteiger partial charge in [0.1, 0.15) is 0 Å². The zero-order chi connectivity index (χ0) is 14.3. The van der Waals surface area contributed by atoms with Gasteiger partial charge in [-0.1, -0.05) is 39.5 Å². The highest BCUT2D eigenvalue weighted by molar-refractivity contribution is 5.89. The zero-order valence-corrected chi connectivity index (χ0v) is 13.3. The van der Waals surface area contributed by atoms with Crippen molar-refractivity contribution in [2.45, 2.75) is 89.9 Å². The highest BCUT2D eigenvalue weighted by Crippen LogP contribution is 2.41. The summed E-state index contributed by atoms with van der Waals surface area (Å²) in [6.45, 7) is 6.78. The van der Waals surface area contributed by atoms with E-state index >= 15 is 0 Å². The molecule has 2 aliphatic carbocycles. The Balaban J connectivity index is 1.76. The first-order valence-corrected chi connectivity index (χ1v) is 8.62. The van der Waals surface area contributed by atoms with Crippen LogP contribution in [0.15, 0.2) is 0 Å². The van der Waals surface area contributed by atoms with Gasteiger partial charge in [0.15, 0.2) is 0 Å². The van der Waals surface area contributed by atoms with Crippen LogP contribution >= 0.6 is 0 Å². The molecule has 20 heavy (non-hydrogen) atoms. The summed E-state index contributed by atoms with van der Waals surface area (Å²) in [5, 5.41) is 3.75. The molecule has 1 saturated heterocycles. The first-order chi connectivity index (χ1) is 9.52. The molecule has 0 aromatic rings. The summed E-state index contributed by atoms with van der Waals surface area (Å²) >= 11 is 0. The average molecular weight is 278 g/mol. The standard InChI is InChI=1S/C17H30N2O/c1-12(2)10-15-18-17(8-4-5-9-17)16(20)19(15)13(3)11-14-6-7-14/h12-15,18H,4-11H2,1-3H3. The predicted molar refractivity (Wildman–Crippen MR) is 81.2 cm³/mol. The largest absolute Gasteiger partial charge is 0.323 e. The second kappa shape index (κ2) is 5.32. The number of nitrogens with one attached hydrogen (secondary N) is 1. The van der Waals surface area contributed by atoms with E-state index in [0.717, 1.165) is 25.2 Å². The fraction of sp³-hybridized carbons (Fsp3) is 0.941. The van der Waals surface area contributed by atoms with Crippen LogP contribution in [-0.2, 0) is 4.79 Å². The molecule has 2 unspecified atom stereocenters. The first-order valence-electron chi connectivity index (χ1n) is 8.62. The highest BCUT2D eigenvalue weighted by Gasteiger charge is 2.53. The average Bonchev–Trinajstić information content (AvgIpc) is 2.98. The van der Waals surface area contributed by atoms with Crippen molar-refractivity contribution in [2.24, 2.45) is 11.8 Å². The maximum atomic E-state index is 13.0. The molecule has 3 nitrogen and oxygen atoms in total. The maximum absolute atomic E-state index is 13.0. The van der Waals surface area contributed by atoms with Gasteiger partial charge in [-0.05, 0) is 44.4 Å². The monoisotopic (exact) mass is 278 g/mol. The summed E-state index contributed by atoms with van der Waals surface area (Å²) in [6, 6.07) is 0.409. The van der Waals surface area contributed by atoms with Crippen molar-refractivity contribution in [1.82, 2.24) is 10.2 Å². The molecule has 1 heterocycles. The molecule has 3 rings (SSSR count). The molecule has 2 saturated carbocycles. The van der Waals surface area contributed by atoms with Crippen molar-refractivity contribution in [1.29, 1.82) is 0 Å². The third-order valence-corrected chi connectivity index (χ3v) is 5.42. The molecule has 114 valence electrons. The van der Waals surface area contributed by atoms with E-state index in [0.29, 0.717) is 17.9 Å². The Labute approximate surface area is 123 Å². The number of hydrogen-bond donors (Lipinski definition) is 1. The van der Waals surface area contributed by atoms with Gasteiger partial charge >= 0.3 is 0 Å².